The summed E-state index contributed by atoms with van der Waals surface area (Å²) >= 11 is 0. The quantitative estimate of drug-likeness (QED) is 0.0822. The molecule has 0 saturated heterocycles. The van der Waals surface area contributed by atoms with Crippen LogP contribution in [0.5, 0.6) is 0 Å². The van der Waals surface area contributed by atoms with Gasteiger partial charge in [-0.1, -0.05) is 103 Å². The van der Waals surface area contributed by atoms with E-state index in [2.05, 4.69) is 16.8 Å². The molecule has 0 heterocycles. The van der Waals surface area contributed by atoms with Gasteiger partial charge in [0.25, 0.3) is 7.82 Å². The number of ether oxygens (including phenoxy) is 1. The van der Waals surface area contributed by atoms with Crippen LogP contribution in [0.3, 0.4) is 0 Å². The smallest absolute Gasteiger partial charge is 0.407 e. The van der Waals surface area contributed by atoms with Crippen LogP contribution >= 0.6 is 7.82 Å². The van der Waals surface area contributed by atoms with Crippen LogP contribution in [-0.2, 0) is 18.3 Å². The summed E-state index contributed by atoms with van der Waals surface area (Å²) in [6.45, 7) is 2.36. The van der Waals surface area contributed by atoms with E-state index in [-0.39, 0.29) is 13.2 Å². The van der Waals surface area contributed by atoms with Crippen molar-refractivity contribution in [2.45, 2.75) is 116 Å². The van der Waals surface area contributed by atoms with Crippen LogP contribution in [0.1, 0.15) is 110 Å². The number of quaternary nitrogens is 1. The highest BCUT2D eigenvalue weighted by atomic mass is 31.2. The summed E-state index contributed by atoms with van der Waals surface area (Å²) in [6, 6.07) is 0. The van der Waals surface area contributed by atoms with Crippen LogP contribution in [0.15, 0.2) is 0 Å². The summed E-state index contributed by atoms with van der Waals surface area (Å²) in [6.07, 6.45) is 18.8. The Morgan fingerprint density at radius 1 is 0.811 bits per heavy atom. The fraction of sp³-hybridized carbons (Fsp3) is 0.963. The van der Waals surface area contributed by atoms with E-state index in [0.29, 0.717) is 17.6 Å². The number of nitrogens with zero attached hydrogens (tertiary/aromatic N) is 1. The maximum Gasteiger partial charge on any atom is 0.407 e. The molecule has 0 aliphatic carbocycles. The first-order valence-corrected chi connectivity index (χ1v) is 16.0. The molecule has 2 N–H and O–H groups in total. The molecule has 37 heavy (non-hydrogen) atoms. The maximum absolute atomic E-state index is 11.7. The number of aliphatic hydroxyl groups is 1. The normalized spacial score (nSPS) is 14.3. The van der Waals surface area contributed by atoms with Gasteiger partial charge in [-0.15, -0.1) is 0 Å². The van der Waals surface area contributed by atoms with Crippen LogP contribution in [0.2, 0.25) is 0 Å². The molecule has 2 unspecified atom stereocenters. The van der Waals surface area contributed by atoms with Crippen molar-refractivity contribution in [2.24, 2.45) is 0 Å². The highest BCUT2D eigenvalue weighted by Crippen LogP contribution is 2.38. The highest BCUT2D eigenvalue weighted by Gasteiger charge is 2.16. The van der Waals surface area contributed by atoms with Crippen LogP contribution in [-0.4, -0.2) is 75.8 Å². The zero-order valence-corrected chi connectivity index (χ0v) is 25.1. The fourth-order valence-electron chi connectivity index (χ4n) is 3.78. The first-order chi connectivity index (χ1) is 17.6. The topological polar surface area (TPSA) is 117 Å². The molecule has 0 fully saturated rings. The average molecular weight is 553 g/mol. The lowest BCUT2D eigenvalue weighted by Gasteiger charge is -2.27. The standard InChI is InChI=1S/C27H57N2O7P/c1-5-6-7-8-9-10-11-12-13-14-15-16-17-18-19-20-21-28-27(31)34-24-26(30)25-36-37(32,33)35-23-22-29(2,3)4/h26,30H,5-25H2,1-4H3,(H-,28,31,32,33). The lowest BCUT2D eigenvalue weighted by Crippen LogP contribution is -2.37. The van der Waals surface area contributed by atoms with Crippen LogP contribution in [0.25, 0.3) is 0 Å². The Bertz CT molecular complexity index is 588. The SMILES string of the molecule is CCCCCCCCCCCCCCCCCCNC(=O)OCC(O)COP(=O)([O-])OCC[N+](C)(C)C. The minimum atomic E-state index is -4.50. The number of amides is 1. The van der Waals surface area contributed by atoms with Gasteiger partial charge in [-0.05, 0) is 6.42 Å². The number of hydrogen-bond acceptors (Lipinski definition) is 7. The minimum Gasteiger partial charge on any atom is -0.756 e. The largest absolute Gasteiger partial charge is 0.756 e. The second kappa shape index (κ2) is 23.2. The lowest BCUT2D eigenvalue weighted by atomic mass is 10.0. The van der Waals surface area contributed by atoms with Gasteiger partial charge in [-0.2, -0.15) is 0 Å². The van der Waals surface area contributed by atoms with Crippen molar-refractivity contribution in [2.75, 3.05) is 54.1 Å². The summed E-state index contributed by atoms with van der Waals surface area (Å²) in [5.74, 6) is 0. The second-order valence-electron chi connectivity index (χ2n) is 11.1. The molecule has 0 aromatic heterocycles. The van der Waals surface area contributed by atoms with Crippen LogP contribution in [0, 0.1) is 0 Å². The Kier molecular flexibility index (Phi) is 22.8. The number of alkyl carbamates (subject to hydrolysis) is 1. The first kappa shape index (κ1) is 36.3. The van der Waals surface area contributed by atoms with E-state index in [1.807, 2.05) is 21.1 Å². The third-order valence-electron chi connectivity index (χ3n) is 6.14. The zero-order chi connectivity index (χ0) is 27.8. The molecule has 0 saturated carbocycles. The summed E-state index contributed by atoms with van der Waals surface area (Å²) in [5.41, 5.74) is 0. The molecule has 222 valence electrons. The number of unbranched alkanes of at least 4 members (excludes halogenated alkanes) is 15. The number of phosphoric acid groups is 1. The first-order valence-electron chi connectivity index (χ1n) is 14.5. The average Bonchev–Trinajstić information content (AvgIpc) is 2.82. The zero-order valence-electron chi connectivity index (χ0n) is 24.2. The molecule has 2 atom stereocenters. The van der Waals surface area contributed by atoms with Gasteiger partial charge < -0.3 is 33.6 Å². The van der Waals surface area contributed by atoms with Crippen molar-refractivity contribution in [1.29, 1.82) is 0 Å². The fourth-order valence-corrected chi connectivity index (χ4v) is 4.51. The maximum atomic E-state index is 11.7. The van der Waals surface area contributed by atoms with E-state index >= 15 is 0 Å². The number of aliphatic hydroxyl groups excluding tert-OH is 1. The second-order valence-corrected chi connectivity index (χ2v) is 12.5. The van der Waals surface area contributed by atoms with Crippen LogP contribution < -0.4 is 10.2 Å². The van der Waals surface area contributed by atoms with E-state index in [0.717, 1.165) is 19.3 Å². The van der Waals surface area contributed by atoms with Gasteiger partial charge in [0.05, 0.1) is 27.7 Å². The van der Waals surface area contributed by atoms with Crippen molar-refractivity contribution in [3.05, 3.63) is 0 Å². The van der Waals surface area contributed by atoms with Gasteiger partial charge in [0.1, 0.15) is 25.9 Å². The number of phosphoric ester groups is 1. The number of carbonyl (C=O) groups excluding carboxylic acids is 1. The molecule has 0 spiro atoms. The van der Waals surface area contributed by atoms with Gasteiger partial charge in [0, 0.05) is 6.54 Å². The van der Waals surface area contributed by atoms with E-state index in [9.17, 15) is 19.4 Å². The third-order valence-corrected chi connectivity index (χ3v) is 7.11. The molecule has 10 heteroatoms. The molecule has 9 nitrogen and oxygen atoms in total. The Morgan fingerprint density at radius 3 is 1.73 bits per heavy atom. The molecular formula is C27H57N2O7P. The van der Waals surface area contributed by atoms with E-state index in [4.69, 9.17) is 9.26 Å². The molecular weight excluding hydrogens is 495 g/mol. The van der Waals surface area contributed by atoms with E-state index in [1.54, 1.807) is 0 Å². The van der Waals surface area contributed by atoms with Gasteiger partial charge in [0.2, 0.25) is 0 Å². The number of carbonyl (C=O) groups is 1. The van der Waals surface area contributed by atoms with E-state index in [1.165, 1.54) is 83.5 Å². The van der Waals surface area contributed by atoms with E-state index < -0.39 is 26.6 Å². The number of nitrogens with one attached hydrogen (secondary N) is 1. The molecule has 0 rings (SSSR count). The number of hydrogen-bond donors (Lipinski definition) is 2. The molecule has 0 aliphatic heterocycles. The Morgan fingerprint density at radius 2 is 1.27 bits per heavy atom. The monoisotopic (exact) mass is 552 g/mol. The van der Waals surface area contributed by atoms with Crippen molar-refractivity contribution in [1.82, 2.24) is 5.32 Å². The molecule has 0 bridgehead atoms. The van der Waals surface area contributed by atoms with Crippen LogP contribution in [0.4, 0.5) is 4.79 Å². The van der Waals surface area contributed by atoms with Crippen molar-refractivity contribution in [3.8, 4) is 0 Å². The van der Waals surface area contributed by atoms with Crippen molar-refractivity contribution < 1.29 is 37.6 Å². The third kappa shape index (κ3) is 28.1. The summed E-state index contributed by atoms with van der Waals surface area (Å²) in [5, 5.41) is 12.4. The molecule has 1 amide bonds. The predicted octanol–water partition coefficient (Wildman–Crippen LogP) is 5.54. The molecule has 0 radical (unpaired) electrons. The summed E-state index contributed by atoms with van der Waals surface area (Å²) in [7, 11) is 1.22. The number of likely N-dealkylation sites (N-methyl/N-ethyl adjacent to an activating group) is 1. The number of rotatable bonds is 26. The van der Waals surface area contributed by atoms with Crippen molar-refractivity contribution >= 4 is 13.9 Å². The molecule has 0 aromatic rings. The lowest BCUT2D eigenvalue weighted by molar-refractivity contribution is -0.870. The highest BCUT2D eigenvalue weighted by molar-refractivity contribution is 7.45. The predicted molar refractivity (Wildman–Crippen MR) is 147 cm³/mol. The van der Waals surface area contributed by atoms with Crippen molar-refractivity contribution in [3.63, 3.8) is 0 Å². The minimum absolute atomic E-state index is 0.0152. The van der Waals surface area contributed by atoms with Gasteiger partial charge in [-0.3, -0.25) is 4.57 Å². The summed E-state index contributed by atoms with van der Waals surface area (Å²) in [4.78, 5) is 23.4. The molecule has 0 aliphatic rings. The Balaban J connectivity index is 3.48. The Labute approximate surface area is 226 Å². The summed E-state index contributed by atoms with van der Waals surface area (Å²) < 4.78 is 26.5. The molecule has 0 aromatic carbocycles. The van der Waals surface area contributed by atoms with Gasteiger partial charge in [0.15, 0.2) is 0 Å². The van der Waals surface area contributed by atoms with Gasteiger partial charge in [-0.25, -0.2) is 4.79 Å². The Hall–Kier alpha value is -0.700. The van der Waals surface area contributed by atoms with Gasteiger partial charge >= 0.3 is 6.09 Å².